The Hall–Kier alpha value is -1.84. The molecule has 1 heterocycles. The summed E-state index contributed by atoms with van der Waals surface area (Å²) in [6.45, 7) is 1.88. The van der Waals surface area contributed by atoms with Gasteiger partial charge in [-0.2, -0.15) is 4.74 Å². The second kappa shape index (κ2) is 3.73. The maximum atomic E-state index is 11.7. The molecule has 1 aliphatic heterocycles. The Labute approximate surface area is 87.4 Å². The molecule has 4 nitrogen and oxygen atoms in total. The van der Waals surface area contributed by atoms with Crippen LogP contribution in [-0.2, 0) is 9.53 Å². The van der Waals surface area contributed by atoms with Crippen LogP contribution in [0, 0.1) is 5.21 Å². The van der Waals surface area contributed by atoms with Gasteiger partial charge in [0.25, 0.3) is 0 Å². The Kier molecular flexibility index (Phi) is 2.41. The lowest BCUT2D eigenvalue weighted by molar-refractivity contribution is -0.504. The molecule has 0 aliphatic carbocycles. The average Bonchev–Trinajstić information content (AvgIpc) is 2.26. The van der Waals surface area contributed by atoms with Crippen molar-refractivity contribution in [3.63, 3.8) is 0 Å². The Morgan fingerprint density at radius 2 is 2.07 bits per heavy atom. The second-order valence-electron chi connectivity index (χ2n) is 3.49. The first-order chi connectivity index (χ1) is 7.20. The van der Waals surface area contributed by atoms with E-state index in [1.165, 1.54) is 0 Å². The number of ether oxygens (including phenoxy) is 1. The molecule has 0 spiro atoms. The first-order valence-electron chi connectivity index (χ1n) is 4.76. The van der Waals surface area contributed by atoms with Crippen molar-refractivity contribution in [1.82, 2.24) is 0 Å². The van der Waals surface area contributed by atoms with Gasteiger partial charge in [-0.1, -0.05) is 18.2 Å². The van der Waals surface area contributed by atoms with Crippen LogP contribution in [0.2, 0.25) is 0 Å². The summed E-state index contributed by atoms with van der Waals surface area (Å²) in [7, 11) is 0. The van der Waals surface area contributed by atoms with Crippen molar-refractivity contribution >= 4 is 11.7 Å². The quantitative estimate of drug-likeness (QED) is 0.389. The highest BCUT2D eigenvalue weighted by Crippen LogP contribution is 2.09. The number of benzene rings is 1. The van der Waals surface area contributed by atoms with Crippen molar-refractivity contribution in [1.29, 1.82) is 0 Å². The first kappa shape index (κ1) is 9.71. The standard InChI is InChI=1S/C11H11NO3/c1-8-7-15-11(13)10(12(8)14)9-5-3-2-4-6-9/h2-6,8H,7H2,1H3. The molecular weight excluding hydrogens is 194 g/mol. The van der Waals surface area contributed by atoms with Crippen molar-refractivity contribution < 1.29 is 14.3 Å². The SMILES string of the molecule is CC1COC(=O)C(c2ccccc2)=[N+]1[O-]. The fourth-order valence-corrected chi connectivity index (χ4v) is 1.48. The fraction of sp³-hybridized carbons (Fsp3) is 0.273. The molecule has 0 fully saturated rings. The normalized spacial score (nSPS) is 21.4. The van der Waals surface area contributed by atoms with Gasteiger partial charge in [0.05, 0.1) is 5.56 Å². The third-order valence-electron chi connectivity index (χ3n) is 2.32. The van der Waals surface area contributed by atoms with Gasteiger partial charge in [0.2, 0.25) is 0 Å². The summed E-state index contributed by atoms with van der Waals surface area (Å²) in [5.74, 6) is -0.547. The highest BCUT2D eigenvalue weighted by Gasteiger charge is 2.32. The van der Waals surface area contributed by atoms with E-state index in [9.17, 15) is 10.0 Å². The predicted octanol–water partition coefficient (Wildman–Crippen LogP) is 0.931. The van der Waals surface area contributed by atoms with Crippen LogP contribution < -0.4 is 0 Å². The van der Waals surface area contributed by atoms with Crippen LogP contribution in [0.15, 0.2) is 30.3 Å². The van der Waals surface area contributed by atoms with E-state index in [0.717, 1.165) is 4.74 Å². The lowest BCUT2D eigenvalue weighted by Gasteiger charge is -2.20. The van der Waals surface area contributed by atoms with Crippen LogP contribution in [0.1, 0.15) is 12.5 Å². The molecule has 0 aromatic heterocycles. The number of esters is 1. The minimum Gasteiger partial charge on any atom is -0.623 e. The summed E-state index contributed by atoms with van der Waals surface area (Å²) in [6, 6.07) is 8.51. The van der Waals surface area contributed by atoms with E-state index < -0.39 is 5.97 Å². The summed E-state index contributed by atoms with van der Waals surface area (Å²) in [4.78, 5) is 11.4. The maximum absolute atomic E-state index is 11.7. The van der Waals surface area contributed by atoms with Crippen molar-refractivity contribution in [3.05, 3.63) is 41.1 Å². The van der Waals surface area contributed by atoms with Gasteiger partial charge >= 0.3 is 11.7 Å². The largest absolute Gasteiger partial charge is 0.623 e. The molecule has 1 aromatic rings. The molecule has 0 saturated heterocycles. The lowest BCUT2D eigenvalue weighted by atomic mass is 10.1. The zero-order chi connectivity index (χ0) is 10.8. The molecule has 1 aromatic carbocycles. The van der Waals surface area contributed by atoms with Crippen LogP contribution in [0.4, 0.5) is 0 Å². The van der Waals surface area contributed by atoms with Crippen LogP contribution in [-0.4, -0.2) is 29.1 Å². The van der Waals surface area contributed by atoms with E-state index in [4.69, 9.17) is 4.74 Å². The van der Waals surface area contributed by atoms with Gasteiger partial charge in [-0.25, -0.2) is 4.79 Å². The molecule has 1 atom stereocenters. The number of carbonyl (C=O) groups is 1. The maximum Gasteiger partial charge on any atom is 0.405 e. The molecule has 15 heavy (non-hydrogen) atoms. The number of rotatable bonds is 1. The molecule has 2 rings (SSSR count). The van der Waals surface area contributed by atoms with Crippen LogP contribution in [0.5, 0.6) is 0 Å². The Bertz CT molecular complexity index is 411. The second-order valence-corrected chi connectivity index (χ2v) is 3.49. The van der Waals surface area contributed by atoms with E-state index in [-0.39, 0.29) is 18.4 Å². The van der Waals surface area contributed by atoms with Gasteiger partial charge in [0, 0.05) is 6.92 Å². The van der Waals surface area contributed by atoms with E-state index in [1.54, 1.807) is 31.2 Å². The van der Waals surface area contributed by atoms with Crippen molar-refractivity contribution in [2.24, 2.45) is 0 Å². The topological polar surface area (TPSA) is 52.4 Å². The van der Waals surface area contributed by atoms with Gasteiger partial charge in [-0.15, -0.1) is 0 Å². The van der Waals surface area contributed by atoms with Gasteiger partial charge < -0.3 is 9.94 Å². The molecule has 1 aliphatic rings. The molecular formula is C11H11NO3. The van der Waals surface area contributed by atoms with E-state index in [2.05, 4.69) is 0 Å². The molecule has 0 saturated carbocycles. The van der Waals surface area contributed by atoms with Gasteiger partial charge in [-0.05, 0) is 12.1 Å². The molecule has 4 heteroatoms. The first-order valence-corrected chi connectivity index (χ1v) is 4.76. The predicted molar refractivity (Wildman–Crippen MR) is 54.6 cm³/mol. The molecule has 78 valence electrons. The van der Waals surface area contributed by atoms with E-state index >= 15 is 0 Å². The van der Waals surface area contributed by atoms with Crippen molar-refractivity contribution in [2.45, 2.75) is 13.0 Å². The van der Waals surface area contributed by atoms with Gasteiger partial charge in [0.15, 0.2) is 12.6 Å². The Morgan fingerprint density at radius 1 is 1.40 bits per heavy atom. The Balaban J connectivity index is 2.50. The lowest BCUT2D eigenvalue weighted by Crippen LogP contribution is -2.41. The number of hydroxylamine groups is 1. The fourth-order valence-electron chi connectivity index (χ4n) is 1.48. The third-order valence-corrected chi connectivity index (χ3v) is 2.32. The smallest absolute Gasteiger partial charge is 0.405 e. The molecule has 1 unspecified atom stereocenters. The summed E-state index contributed by atoms with van der Waals surface area (Å²) < 4.78 is 5.63. The highest BCUT2D eigenvalue weighted by atomic mass is 16.6. The van der Waals surface area contributed by atoms with Crippen LogP contribution >= 0.6 is 0 Å². The van der Waals surface area contributed by atoms with E-state index in [1.807, 2.05) is 6.07 Å². The third kappa shape index (κ3) is 1.70. The number of hydrogen-bond acceptors (Lipinski definition) is 3. The van der Waals surface area contributed by atoms with Crippen molar-refractivity contribution in [2.75, 3.05) is 6.61 Å². The zero-order valence-corrected chi connectivity index (χ0v) is 8.34. The summed E-state index contributed by atoms with van der Waals surface area (Å²) >= 11 is 0. The number of hydrogen-bond donors (Lipinski definition) is 0. The van der Waals surface area contributed by atoms with Crippen LogP contribution in [0.3, 0.4) is 0 Å². The number of cyclic esters (lactones) is 1. The van der Waals surface area contributed by atoms with Crippen LogP contribution in [0.25, 0.3) is 0 Å². The minimum absolute atomic E-state index is 0.0920. The minimum atomic E-state index is -0.547. The Morgan fingerprint density at radius 3 is 2.73 bits per heavy atom. The summed E-state index contributed by atoms with van der Waals surface area (Å²) in [5, 5.41) is 11.7. The van der Waals surface area contributed by atoms with Crippen molar-refractivity contribution in [3.8, 4) is 0 Å². The molecule has 0 amide bonds. The summed E-state index contributed by atoms with van der Waals surface area (Å²) in [5.41, 5.74) is 0.693. The van der Waals surface area contributed by atoms with Gasteiger partial charge in [0.1, 0.15) is 0 Å². The number of nitrogens with zero attached hydrogens (tertiary/aromatic N) is 1. The molecule has 0 N–H and O–H groups in total. The zero-order valence-electron chi connectivity index (χ0n) is 8.34. The monoisotopic (exact) mass is 205 g/mol. The van der Waals surface area contributed by atoms with Gasteiger partial charge in [-0.3, -0.25) is 0 Å². The molecule has 0 bridgehead atoms. The molecule has 0 radical (unpaired) electrons. The number of carbonyl (C=O) groups excluding carboxylic acids is 1. The summed E-state index contributed by atoms with van der Waals surface area (Å²) in [6.07, 6.45) is 0. The average molecular weight is 205 g/mol. The van der Waals surface area contributed by atoms with E-state index in [0.29, 0.717) is 5.56 Å². The highest BCUT2D eigenvalue weighted by molar-refractivity contribution is 6.41.